The molecule has 4 N–H and O–H groups in total. The van der Waals surface area contributed by atoms with Crippen molar-refractivity contribution >= 4 is 40.0 Å². The van der Waals surface area contributed by atoms with Gasteiger partial charge in [-0.2, -0.15) is 5.10 Å². The number of pyridine rings is 2. The van der Waals surface area contributed by atoms with Crippen LogP contribution in [0.1, 0.15) is 22.6 Å². The van der Waals surface area contributed by atoms with Crippen molar-refractivity contribution in [2.24, 2.45) is 0 Å². The minimum atomic E-state index is -0.259. The highest BCUT2D eigenvalue weighted by Gasteiger charge is 2.20. The third kappa shape index (κ3) is 4.13. The van der Waals surface area contributed by atoms with Crippen molar-refractivity contribution in [2.75, 3.05) is 24.6 Å². The van der Waals surface area contributed by atoms with Crippen molar-refractivity contribution in [2.45, 2.75) is 19.4 Å². The minimum absolute atomic E-state index is 0.0632. The Morgan fingerprint density at radius 2 is 2.15 bits per heavy atom. The second kappa shape index (κ2) is 8.47. The van der Waals surface area contributed by atoms with E-state index in [0.29, 0.717) is 36.4 Å². The zero-order valence-corrected chi connectivity index (χ0v) is 18.7. The summed E-state index contributed by atoms with van der Waals surface area (Å²) in [5.74, 6) is 1.04. The van der Waals surface area contributed by atoms with E-state index in [4.69, 9.17) is 5.73 Å². The molecule has 4 heterocycles. The third-order valence-electron chi connectivity index (χ3n) is 5.84. The molecule has 172 valence electrons. The molecule has 34 heavy (non-hydrogen) atoms. The van der Waals surface area contributed by atoms with Crippen LogP contribution in [0.5, 0.6) is 0 Å². The fourth-order valence-corrected chi connectivity index (χ4v) is 4.04. The summed E-state index contributed by atoms with van der Waals surface area (Å²) in [4.78, 5) is 35.2. The number of nitrogen functional groups attached to an aromatic ring is 1. The Hall–Kier alpha value is -4.47. The van der Waals surface area contributed by atoms with Gasteiger partial charge in [-0.3, -0.25) is 14.3 Å². The Morgan fingerprint density at radius 3 is 2.97 bits per heavy atom. The van der Waals surface area contributed by atoms with Gasteiger partial charge in [0.1, 0.15) is 23.9 Å². The predicted octanol–water partition coefficient (Wildman–Crippen LogP) is 2.30. The Morgan fingerprint density at radius 1 is 1.29 bits per heavy atom. The number of fused-ring (bicyclic) bond motifs is 2. The number of allylic oxidation sites excluding steroid dienone is 4. The highest BCUT2D eigenvalue weighted by atomic mass is 16.2. The lowest BCUT2D eigenvalue weighted by Crippen LogP contribution is -2.27. The molecule has 0 spiro atoms. The molecule has 3 aromatic rings. The molecule has 0 atom stereocenters. The van der Waals surface area contributed by atoms with Crippen molar-refractivity contribution in [1.29, 1.82) is 0 Å². The maximum Gasteiger partial charge on any atom is 0.276 e. The van der Waals surface area contributed by atoms with Crippen molar-refractivity contribution in [3.05, 3.63) is 71.9 Å². The summed E-state index contributed by atoms with van der Waals surface area (Å²) in [6, 6.07) is 5.40. The number of carbonyl (C=O) groups is 2. The van der Waals surface area contributed by atoms with E-state index >= 15 is 0 Å². The fourth-order valence-electron chi connectivity index (χ4n) is 4.04. The second-order valence-electron chi connectivity index (χ2n) is 8.30. The number of nitrogens with zero attached hydrogens (tertiary/aromatic N) is 5. The summed E-state index contributed by atoms with van der Waals surface area (Å²) in [6.07, 6.45) is 8.59. The summed E-state index contributed by atoms with van der Waals surface area (Å²) in [6.45, 7) is 4.73. The van der Waals surface area contributed by atoms with Gasteiger partial charge in [0.25, 0.3) is 5.91 Å². The smallest absolute Gasteiger partial charge is 0.276 e. The average Bonchev–Trinajstić information content (AvgIpc) is 3.09. The topological polar surface area (TPSA) is 131 Å². The number of carbonyl (C=O) groups excluding carboxylic acids is 2. The SMILES string of the molecule is C=C1C=CC=C(N(C)C(=O)c2cc3cc(Nc4cc5n(n4)CC(=O)NCC5)ncc3c(N)n2)C1. The van der Waals surface area contributed by atoms with Gasteiger partial charge >= 0.3 is 0 Å². The van der Waals surface area contributed by atoms with E-state index in [-0.39, 0.29) is 29.9 Å². The number of hydrogen-bond acceptors (Lipinski definition) is 7. The lowest BCUT2D eigenvalue weighted by Gasteiger charge is -2.22. The van der Waals surface area contributed by atoms with Crippen LogP contribution in [0.4, 0.5) is 17.5 Å². The molecule has 0 fully saturated rings. The van der Waals surface area contributed by atoms with Crippen LogP contribution >= 0.6 is 0 Å². The molecule has 2 amide bonds. The van der Waals surface area contributed by atoms with E-state index in [2.05, 4.69) is 32.3 Å². The van der Waals surface area contributed by atoms with E-state index in [0.717, 1.165) is 22.4 Å². The molecule has 0 saturated carbocycles. The molecule has 0 aromatic carbocycles. The number of nitrogens with two attached hydrogens (primary N) is 1. The first-order valence-corrected chi connectivity index (χ1v) is 10.9. The molecule has 0 unspecified atom stereocenters. The molecule has 5 rings (SSSR count). The number of amides is 2. The molecule has 10 heteroatoms. The number of rotatable bonds is 4. The summed E-state index contributed by atoms with van der Waals surface area (Å²) in [5.41, 5.74) is 9.13. The molecule has 0 radical (unpaired) electrons. The minimum Gasteiger partial charge on any atom is -0.383 e. The standard InChI is InChI=1S/C24H24N8O2/c1-14-4-3-5-16(8-14)31(2)24(34)19-9-15-10-20(27-12-18(15)23(25)28-19)29-21-11-17-6-7-26-22(33)13-32(17)30-21/h3-5,9-12H,1,6-8,13H2,2H3,(H2,25,28)(H,26,33)(H,27,29,30). The fraction of sp³-hybridized carbons (Fsp3) is 0.208. The van der Waals surface area contributed by atoms with Crippen LogP contribution in [0.15, 0.2) is 60.5 Å². The van der Waals surface area contributed by atoms with Gasteiger partial charge in [0.05, 0.1) is 0 Å². The first-order valence-electron chi connectivity index (χ1n) is 10.9. The summed E-state index contributed by atoms with van der Waals surface area (Å²) in [5, 5.41) is 11.8. The van der Waals surface area contributed by atoms with Crippen LogP contribution in [-0.2, 0) is 17.8 Å². The second-order valence-corrected chi connectivity index (χ2v) is 8.30. The average molecular weight is 457 g/mol. The zero-order chi connectivity index (χ0) is 23.8. The quantitative estimate of drug-likeness (QED) is 0.549. The van der Waals surface area contributed by atoms with E-state index in [9.17, 15) is 9.59 Å². The molecule has 3 aromatic heterocycles. The normalized spacial score (nSPS) is 15.4. The van der Waals surface area contributed by atoms with Crippen LogP contribution in [0.25, 0.3) is 10.8 Å². The molecule has 2 aliphatic rings. The summed E-state index contributed by atoms with van der Waals surface area (Å²) in [7, 11) is 1.71. The number of nitrogens with one attached hydrogen (secondary N) is 2. The Kier molecular flexibility index (Phi) is 5.33. The van der Waals surface area contributed by atoms with Gasteiger partial charge < -0.3 is 21.3 Å². The van der Waals surface area contributed by atoms with Crippen LogP contribution in [0, 0.1) is 0 Å². The van der Waals surface area contributed by atoms with Crippen LogP contribution in [0.2, 0.25) is 0 Å². The monoisotopic (exact) mass is 456 g/mol. The molecule has 10 nitrogen and oxygen atoms in total. The van der Waals surface area contributed by atoms with Crippen molar-refractivity contribution in [1.82, 2.24) is 30.0 Å². The number of hydrogen-bond donors (Lipinski definition) is 3. The summed E-state index contributed by atoms with van der Waals surface area (Å²) >= 11 is 0. The highest BCUT2D eigenvalue weighted by molar-refractivity contribution is 6.00. The van der Waals surface area contributed by atoms with E-state index in [1.54, 1.807) is 35.0 Å². The predicted molar refractivity (Wildman–Crippen MR) is 129 cm³/mol. The van der Waals surface area contributed by atoms with Crippen LogP contribution in [0.3, 0.4) is 0 Å². The molecular formula is C24H24N8O2. The van der Waals surface area contributed by atoms with Crippen LogP contribution in [-0.4, -0.2) is 50.1 Å². The lowest BCUT2D eigenvalue weighted by molar-refractivity contribution is -0.121. The van der Waals surface area contributed by atoms with Gasteiger partial charge in [-0.25, -0.2) is 9.97 Å². The lowest BCUT2D eigenvalue weighted by atomic mass is 10.1. The maximum absolute atomic E-state index is 13.1. The largest absolute Gasteiger partial charge is 0.383 e. The molecule has 0 saturated heterocycles. The molecule has 1 aliphatic carbocycles. The van der Waals surface area contributed by atoms with Gasteiger partial charge in [-0.15, -0.1) is 0 Å². The van der Waals surface area contributed by atoms with E-state index < -0.39 is 0 Å². The van der Waals surface area contributed by atoms with Gasteiger partial charge in [-0.1, -0.05) is 18.7 Å². The first-order chi connectivity index (χ1) is 16.4. The molecule has 0 bridgehead atoms. The van der Waals surface area contributed by atoms with Crippen LogP contribution < -0.4 is 16.4 Å². The molecular weight excluding hydrogens is 432 g/mol. The van der Waals surface area contributed by atoms with Crippen molar-refractivity contribution in [3.63, 3.8) is 0 Å². The Balaban J connectivity index is 1.42. The first kappa shape index (κ1) is 21.4. The number of anilines is 3. The van der Waals surface area contributed by atoms with E-state index in [1.165, 1.54) is 0 Å². The zero-order valence-electron chi connectivity index (χ0n) is 18.7. The van der Waals surface area contributed by atoms with Gasteiger partial charge in [0.2, 0.25) is 5.91 Å². The third-order valence-corrected chi connectivity index (χ3v) is 5.84. The maximum atomic E-state index is 13.1. The number of aromatic nitrogens is 4. The van der Waals surface area contributed by atoms with Gasteiger partial charge in [-0.05, 0) is 29.2 Å². The highest BCUT2D eigenvalue weighted by Crippen LogP contribution is 2.26. The van der Waals surface area contributed by atoms with Gasteiger partial charge in [0.15, 0.2) is 5.82 Å². The summed E-state index contributed by atoms with van der Waals surface area (Å²) < 4.78 is 1.68. The Labute approximate surface area is 195 Å². The van der Waals surface area contributed by atoms with Crippen molar-refractivity contribution in [3.8, 4) is 0 Å². The molecule has 1 aliphatic heterocycles. The van der Waals surface area contributed by atoms with Crippen molar-refractivity contribution < 1.29 is 9.59 Å². The Bertz CT molecular complexity index is 1400. The van der Waals surface area contributed by atoms with E-state index in [1.807, 2.05) is 24.3 Å². The van der Waals surface area contributed by atoms with Gasteiger partial charge in [0, 0.05) is 55.5 Å².